The first-order valence-corrected chi connectivity index (χ1v) is 17.1. The second-order valence-electron chi connectivity index (χ2n) is 12.2. The number of aryl methyl sites for hydroxylation is 1. The highest BCUT2D eigenvalue weighted by molar-refractivity contribution is 7.25. The normalized spacial score (nSPS) is 12.8. The monoisotopic (exact) mass is 633 g/mol. The van der Waals surface area contributed by atoms with Crippen molar-refractivity contribution in [2.24, 2.45) is 0 Å². The number of nitrogens with zero attached hydrogens (tertiary/aromatic N) is 3. The van der Waals surface area contributed by atoms with Crippen molar-refractivity contribution in [3.05, 3.63) is 145 Å². The van der Waals surface area contributed by atoms with E-state index < -0.39 is 0 Å². The number of hydrogen-bond donors (Lipinski definition) is 0. The molecule has 226 valence electrons. The van der Waals surface area contributed by atoms with E-state index >= 15 is 0 Å². The molecule has 5 heteroatoms. The lowest BCUT2D eigenvalue weighted by molar-refractivity contribution is 0.546. The van der Waals surface area contributed by atoms with Crippen LogP contribution in [0.2, 0.25) is 0 Å². The van der Waals surface area contributed by atoms with Gasteiger partial charge in [-0.2, -0.15) is 0 Å². The summed E-state index contributed by atoms with van der Waals surface area (Å²) in [6, 6.07) is 44.6. The van der Waals surface area contributed by atoms with Crippen molar-refractivity contribution in [1.29, 1.82) is 0 Å². The standard InChI is InChI=1S/C43H27N3OS/c1-2-11-26(12-3-1)41-44-42(27-23-24-39-35(25-27)31-13-5-7-22-38(31)48-39)46-43(45-41)33-19-9-15-28-29(16-8-17-30(28)33)32-18-10-21-37-40(32)34-14-4-6-20-36(34)47-37/h1-5,7-19,21-25H,6,20H2. The van der Waals surface area contributed by atoms with Gasteiger partial charge < -0.3 is 4.42 Å². The maximum Gasteiger partial charge on any atom is 0.164 e. The molecule has 0 radical (unpaired) electrons. The smallest absolute Gasteiger partial charge is 0.164 e. The number of rotatable bonds is 4. The van der Waals surface area contributed by atoms with Crippen molar-refractivity contribution in [3.63, 3.8) is 0 Å². The summed E-state index contributed by atoms with van der Waals surface area (Å²) in [5.41, 5.74) is 7.36. The van der Waals surface area contributed by atoms with Crippen LogP contribution in [-0.2, 0) is 6.42 Å². The Hall–Kier alpha value is -5.91. The van der Waals surface area contributed by atoms with Gasteiger partial charge in [0.15, 0.2) is 17.5 Å². The average Bonchev–Trinajstić information content (AvgIpc) is 3.73. The van der Waals surface area contributed by atoms with Crippen molar-refractivity contribution in [1.82, 2.24) is 15.0 Å². The average molecular weight is 634 g/mol. The van der Waals surface area contributed by atoms with Gasteiger partial charge in [0.1, 0.15) is 11.3 Å². The van der Waals surface area contributed by atoms with Crippen molar-refractivity contribution in [2.45, 2.75) is 12.8 Å². The largest absolute Gasteiger partial charge is 0.460 e. The SMILES string of the molecule is C1=Cc2c(oc3cccc(-c4cccc5c(-c6nc(-c7ccccc7)nc(-c7ccc8sc9ccccc9c8c7)n6)cccc45)c23)CC1. The van der Waals surface area contributed by atoms with Gasteiger partial charge in [-0.05, 0) is 58.7 Å². The van der Waals surface area contributed by atoms with E-state index in [1.54, 1.807) is 0 Å². The third-order valence-corrected chi connectivity index (χ3v) is 10.6. The molecule has 0 atom stereocenters. The minimum absolute atomic E-state index is 0.652. The van der Waals surface area contributed by atoms with Gasteiger partial charge in [0, 0.05) is 54.2 Å². The van der Waals surface area contributed by atoms with Gasteiger partial charge >= 0.3 is 0 Å². The topological polar surface area (TPSA) is 51.8 Å². The summed E-state index contributed by atoms with van der Waals surface area (Å²) in [4.78, 5) is 15.3. The Labute approximate surface area is 280 Å². The molecular weight excluding hydrogens is 607 g/mol. The number of allylic oxidation sites excluding steroid dienone is 1. The number of hydrogen-bond acceptors (Lipinski definition) is 5. The molecule has 0 saturated carbocycles. The van der Waals surface area contributed by atoms with E-state index in [4.69, 9.17) is 19.4 Å². The van der Waals surface area contributed by atoms with Crippen LogP contribution in [0, 0.1) is 0 Å². The minimum Gasteiger partial charge on any atom is -0.460 e. The molecule has 1 aliphatic rings. The summed E-state index contributed by atoms with van der Waals surface area (Å²) in [7, 11) is 0. The highest BCUT2D eigenvalue weighted by Crippen LogP contribution is 2.42. The number of benzene rings is 6. The van der Waals surface area contributed by atoms with Gasteiger partial charge in [0.25, 0.3) is 0 Å². The Kier molecular flexibility index (Phi) is 6.14. The molecule has 0 bridgehead atoms. The summed E-state index contributed by atoms with van der Waals surface area (Å²) in [6.45, 7) is 0. The number of aromatic nitrogens is 3. The molecule has 0 amide bonds. The van der Waals surface area contributed by atoms with Crippen LogP contribution in [0.25, 0.3) is 93.3 Å². The molecule has 0 fully saturated rings. The van der Waals surface area contributed by atoms with Gasteiger partial charge in [0.2, 0.25) is 0 Å². The molecule has 3 heterocycles. The number of thiophene rings is 1. The molecule has 3 aromatic heterocycles. The summed E-state index contributed by atoms with van der Waals surface area (Å²) >= 11 is 1.81. The van der Waals surface area contributed by atoms with E-state index in [9.17, 15) is 0 Å². The fourth-order valence-corrected chi connectivity index (χ4v) is 8.26. The van der Waals surface area contributed by atoms with Gasteiger partial charge in [-0.1, -0.05) is 109 Å². The third kappa shape index (κ3) is 4.32. The van der Waals surface area contributed by atoms with E-state index in [0.717, 1.165) is 57.2 Å². The molecule has 0 saturated heterocycles. The van der Waals surface area contributed by atoms with Crippen LogP contribution in [0.4, 0.5) is 0 Å². The van der Waals surface area contributed by atoms with Crippen LogP contribution >= 0.6 is 11.3 Å². The first kappa shape index (κ1) is 27.2. The van der Waals surface area contributed by atoms with Crippen molar-refractivity contribution < 1.29 is 4.42 Å². The lowest BCUT2D eigenvalue weighted by Gasteiger charge is -2.13. The van der Waals surface area contributed by atoms with E-state index in [1.807, 2.05) is 29.5 Å². The summed E-state index contributed by atoms with van der Waals surface area (Å²) in [5, 5.41) is 5.88. The van der Waals surface area contributed by atoms with E-state index in [-0.39, 0.29) is 0 Å². The predicted octanol–water partition coefficient (Wildman–Crippen LogP) is 11.8. The van der Waals surface area contributed by atoms with Crippen molar-refractivity contribution in [3.8, 4) is 45.3 Å². The number of fused-ring (bicyclic) bond motifs is 7. The molecule has 0 spiro atoms. The zero-order chi connectivity index (χ0) is 31.6. The quantitative estimate of drug-likeness (QED) is 0.193. The zero-order valence-corrected chi connectivity index (χ0v) is 26.7. The highest BCUT2D eigenvalue weighted by Gasteiger charge is 2.20. The van der Waals surface area contributed by atoms with Gasteiger partial charge in [-0.15, -0.1) is 11.3 Å². The lowest BCUT2D eigenvalue weighted by Crippen LogP contribution is -2.00. The van der Waals surface area contributed by atoms with E-state index in [2.05, 4.69) is 121 Å². The first-order valence-electron chi connectivity index (χ1n) is 16.3. The van der Waals surface area contributed by atoms with Crippen LogP contribution in [0.3, 0.4) is 0 Å². The fourth-order valence-electron chi connectivity index (χ4n) is 7.17. The van der Waals surface area contributed by atoms with Crippen LogP contribution < -0.4 is 0 Å². The van der Waals surface area contributed by atoms with E-state index in [1.165, 1.54) is 36.7 Å². The Morgan fingerprint density at radius 2 is 1.21 bits per heavy atom. The predicted molar refractivity (Wildman–Crippen MR) is 199 cm³/mol. The Morgan fingerprint density at radius 3 is 2.10 bits per heavy atom. The van der Waals surface area contributed by atoms with Crippen molar-refractivity contribution in [2.75, 3.05) is 0 Å². The maximum absolute atomic E-state index is 6.34. The molecule has 0 N–H and O–H groups in total. The van der Waals surface area contributed by atoms with Crippen LogP contribution in [0.15, 0.2) is 138 Å². The second kappa shape index (κ2) is 10.8. The molecule has 6 aromatic carbocycles. The van der Waals surface area contributed by atoms with Crippen LogP contribution in [0.5, 0.6) is 0 Å². The van der Waals surface area contributed by atoms with Gasteiger partial charge in [0.05, 0.1) is 0 Å². The molecule has 0 unspecified atom stereocenters. The number of furan rings is 1. The van der Waals surface area contributed by atoms with Crippen molar-refractivity contribution >= 4 is 59.3 Å². The lowest BCUT2D eigenvalue weighted by atomic mass is 9.91. The van der Waals surface area contributed by atoms with Gasteiger partial charge in [-0.25, -0.2) is 15.0 Å². The van der Waals surface area contributed by atoms with Crippen LogP contribution in [-0.4, -0.2) is 15.0 Å². The molecule has 10 rings (SSSR count). The third-order valence-electron chi connectivity index (χ3n) is 9.41. The molecule has 0 aliphatic heterocycles. The first-order chi connectivity index (χ1) is 23.8. The second-order valence-corrected chi connectivity index (χ2v) is 13.3. The summed E-state index contributed by atoms with van der Waals surface area (Å²) < 4.78 is 8.87. The zero-order valence-electron chi connectivity index (χ0n) is 25.9. The molecule has 9 aromatic rings. The molecule has 1 aliphatic carbocycles. The molecule has 4 nitrogen and oxygen atoms in total. The van der Waals surface area contributed by atoms with Gasteiger partial charge in [-0.3, -0.25) is 0 Å². The fraction of sp³-hybridized carbons (Fsp3) is 0.0465. The van der Waals surface area contributed by atoms with Crippen LogP contribution in [0.1, 0.15) is 17.7 Å². The van der Waals surface area contributed by atoms with E-state index in [0.29, 0.717) is 17.5 Å². The maximum atomic E-state index is 6.34. The summed E-state index contributed by atoms with van der Waals surface area (Å²) in [6.07, 6.45) is 6.41. The summed E-state index contributed by atoms with van der Waals surface area (Å²) in [5.74, 6) is 3.03. The molecule has 48 heavy (non-hydrogen) atoms. The highest BCUT2D eigenvalue weighted by atomic mass is 32.1. The molecular formula is C43H27N3OS. The Balaban J connectivity index is 1.19. The Bertz CT molecular complexity index is 2740. The Morgan fingerprint density at radius 1 is 0.521 bits per heavy atom. The minimum atomic E-state index is 0.652.